The molecule has 0 saturated carbocycles. The smallest absolute Gasteiger partial charge is 0.335 e. The molecule has 2 rings (SSSR count). The van der Waals surface area contributed by atoms with Crippen LogP contribution in [-0.2, 0) is 0 Å². The van der Waals surface area contributed by atoms with E-state index in [0.29, 0.717) is 5.56 Å². The van der Waals surface area contributed by atoms with Crippen molar-refractivity contribution in [3.63, 3.8) is 0 Å². The summed E-state index contributed by atoms with van der Waals surface area (Å²) in [7, 11) is 0. The van der Waals surface area contributed by atoms with E-state index in [2.05, 4.69) is 4.98 Å². The first-order valence-electron chi connectivity index (χ1n) is 4.42. The minimum absolute atomic E-state index is 0.298. The molecular weight excluding hydrogens is 210 g/mol. The fraction of sp³-hybridized carbons (Fsp3) is 0.0909. The van der Waals surface area contributed by atoms with Gasteiger partial charge in [-0.25, -0.2) is 9.78 Å². The van der Waals surface area contributed by atoms with E-state index < -0.39 is 5.97 Å². The van der Waals surface area contributed by atoms with Crippen LogP contribution in [0.4, 0.5) is 0 Å². The minimum atomic E-state index is -0.906. The van der Waals surface area contributed by atoms with Crippen LogP contribution in [0.3, 0.4) is 0 Å². The maximum Gasteiger partial charge on any atom is 0.335 e. The Morgan fingerprint density at radius 3 is 2.47 bits per heavy atom. The van der Waals surface area contributed by atoms with E-state index >= 15 is 0 Å². The van der Waals surface area contributed by atoms with Crippen LogP contribution in [0.5, 0.6) is 0 Å². The number of hydrogen-bond donors (Lipinski definition) is 1. The maximum absolute atomic E-state index is 10.6. The number of carboxylic acids is 1. The Hall–Kier alpha value is -1.68. The van der Waals surface area contributed by atoms with Gasteiger partial charge in [0.2, 0.25) is 0 Å². The van der Waals surface area contributed by atoms with E-state index in [-0.39, 0.29) is 0 Å². The normalized spacial score (nSPS) is 10.2. The topological polar surface area (TPSA) is 50.2 Å². The molecule has 0 radical (unpaired) electrons. The summed E-state index contributed by atoms with van der Waals surface area (Å²) in [4.78, 5) is 15.0. The van der Waals surface area contributed by atoms with Crippen LogP contribution >= 0.6 is 11.3 Å². The van der Waals surface area contributed by atoms with E-state index in [9.17, 15) is 4.79 Å². The molecule has 0 spiro atoms. The molecule has 4 heteroatoms. The fourth-order valence-corrected chi connectivity index (χ4v) is 2.05. The summed E-state index contributed by atoms with van der Waals surface area (Å²) in [6, 6.07) is 6.74. The average molecular weight is 219 g/mol. The van der Waals surface area contributed by atoms with Gasteiger partial charge in [0.1, 0.15) is 5.01 Å². The van der Waals surface area contributed by atoms with Crippen molar-refractivity contribution in [1.29, 1.82) is 0 Å². The van der Waals surface area contributed by atoms with Gasteiger partial charge in [-0.3, -0.25) is 0 Å². The first-order chi connectivity index (χ1) is 7.16. The molecule has 15 heavy (non-hydrogen) atoms. The number of carbonyl (C=O) groups is 1. The Morgan fingerprint density at radius 1 is 1.33 bits per heavy atom. The number of benzene rings is 1. The molecule has 76 valence electrons. The van der Waals surface area contributed by atoms with Crippen molar-refractivity contribution in [2.75, 3.05) is 0 Å². The average Bonchev–Trinajstić information content (AvgIpc) is 2.65. The predicted molar refractivity (Wildman–Crippen MR) is 59.2 cm³/mol. The summed E-state index contributed by atoms with van der Waals surface area (Å²) in [5, 5.41) is 11.6. The summed E-state index contributed by atoms with van der Waals surface area (Å²) in [5.74, 6) is -0.906. The SMILES string of the molecule is Cc1csc(-c2ccc(C(=O)O)cc2)n1. The highest BCUT2D eigenvalue weighted by molar-refractivity contribution is 7.13. The molecule has 1 N–H and O–H groups in total. The summed E-state index contributed by atoms with van der Waals surface area (Å²) >= 11 is 1.56. The Bertz CT molecular complexity index is 488. The van der Waals surface area contributed by atoms with Crippen LogP contribution in [0.2, 0.25) is 0 Å². The van der Waals surface area contributed by atoms with E-state index in [1.165, 1.54) is 0 Å². The summed E-state index contributed by atoms with van der Waals surface area (Å²) in [6.45, 7) is 1.94. The van der Waals surface area contributed by atoms with Gasteiger partial charge in [-0.15, -0.1) is 11.3 Å². The van der Waals surface area contributed by atoms with Crippen molar-refractivity contribution in [2.45, 2.75) is 6.92 Å². The fourth-order valence-electron chi connectivity index (χ4n) is 1.24. The molecule has 0 bridgehead atoms. The molecular formula is C11H9NO2S. The lowest BCUT2D eigenvalue weighted by Gasteiger charge is -1.97. The van der Waals surface area contributed by atoms with E-state index in [1.807, 2.05) is 12.3 Å². The minimum Gasteiger partial charge on any atom is -0.478 e. The second kappa shape index (κ2) is 3.82. The molecule has 0 saturated heterocycles. The molecule has 0 aliphatic heterocycles. The van der Waals surface area contributed by atoms with Crippen LogP contribution in [0.1, 0.15) is 16.1 Å². The van der Waals surface area contributed by atoms with Gasteiger partial charge in [0, 0.05) is 16.6 Å². The van der Waals surface area contributed by atoms with Crippen LogP contribution in [0.25, 0.3) is 10.6 Å². The number of carboxylic acid groups (broad SMARTS) is 1. The van der Waals surface area contributed by atoms with Gasteiger partial charge in [-0.1, -0.05) is 12.1 Å². The number of aromatic nitrogens is 1. The maximum atomic E-state index is 10.6. The van der Waals surface area contributed by atoms with E-state index in [0.717, 1.165) is 16.3 Å². The number of aromatic carboxylic acids is 1. The van der Waals surface area contributed by atoms with Crippen LogP contribution < -0.4 is 0 Å². The second-order valence-electron chi connectivity index (χ2n) is 3.18. The standard InChI is InChI=1S/C11H9NO2S/c1-7-6-15-10(12-7)8-2-4-9(5-3-8)11(13)14/h2-6H,1H3,(H,13,14). The Morgan fingerprint density at radius 2 is 2.00 bits per heavy atom. The van der Waals surface area contributed by atoms with Crippen LogP contribution in [0.15, 0.2) is 29.6 Å². The van der Waals surface area contributed by atoms with Gasteiger partial charge in [0.25, 0.3) is 0 Å². The van der Waals surface area contributed by atoms with Gasteiger partial charge in [0.15, 0.2) is 0 Å². The molecule has 0 aliphatic rings. The zero-order valence-corrected chi connectivity index (χ0v) is 8.91. The molecule has 0 amide bonds. The number of thiazole rings is 1. The van der Waals surface area contributed by atoms with E-state index in [4.69, 9.17) is 5.11 Å². The monoisotopic (exact) mass is 219 g/mol. The quantitative estimate of drug-likeness (QED) is 0.844. The Kier molecular flexibility index (Phi) is 2.51. The largest absolute Gasteiger partial charge is 0.478 e. The van der Waals surface area contributed by atoms with Gasteiger partial charge in [-0.2, -0.15) is 0 Å². The van der Waals surface area contributed by atoms with Gasteiger partial charge < -0.3 is 5.11 Å². The van der Waals surface area contributed by atoms with Crippen molar-refractivity contribution in [3.05, 3.63) is 40.9 Å². The zero-order valence-electron chi connectivity index (χ0n) is 8.10. The number of rotatable bonds is 2. The third-order valence-electron chi connectivity index (χ3n) is 2.00. The molecule has 0 unspecified atom stereocenters. The molecule has 0 atom stereocenters. The van der Waals surface area contributed by atoms with Gasteiger partial charge >= 0.3 is 5.97 Å². The zero-order chi connectivity index (χ0) is 10.8. The molecule has 1 aromatic carbocycles. The molecule has 1 aromatic heterocycles. The number of nitrogens with zero attached hydrogens (tertiary/aromatic N) is 1. The lowest BCUT2D eigenvalue weighted by Crippen LogP contribution is -1.94. The molecule has 0 aliphatic carbocycles. The highest BCUT2D eigenvalue weighted by Crippen LogP contribution is 2.23. The summed E-state index contributed by atoms with van der Waals surface area (Å²) in [5.41, 5.74) is 2.24. The summed E-state index contributed by atoms with van der Waals surface area (Å²) in [6.07, 6.45) is 0. The van der Waals surface area contributed by atoms with E-state index in [1.54, 1.807) is 35.6 Å². The van der Waals surface area contributed by atoms with Crippen molar-refractivity contribution in [3.8, 4) is 10.6 Å². The van der Waals surface area contributed by atoms with Gasteiger partial charge in [-0.05, 0) is 19.1 Å². The molecule has 0 fully saturated rings. The first-order valence-corrected chi connectivity index (χ1v) is 5.30. The highest BCUT2D eigenvalue weighted by Gasteiger charge is 2.05. The van der Waals surface area contributed by atoms with Crippen molar-refractivity contribution in [1.82, 2.24) is 4.98 Å². The highest BCUT2D eigenvalue weighted by atomic mass is 32.1. The van der Waals surface area contributed by atoms with Crippen LogP contribution in [0, 0.1) is 6.92 Å². The predicted octanol–water partition coefficient (Wildman–Crippen LogP) is 2.82. The molecule has 3 nitrogen and oxygen atoms in total. The Balaban J connectivity index is 2.35. The second-order valence-corrected chi connectivity index (χ2v) is 4.03. The van der Waals surface area contributed by atoms with Gasteiger partial charge in [0.05, 0.1) is 5.56 Å². The molecule has 1 heterocycles. The lowest BCUT2D eigenvalue weighted by atomic mass is 10.1. The van der Waals surface area contributed by atoms with Crippen molar-refractivity contribution < 1.29 is 9.90 Å². The molecule has 2 aromatic rings. The third kappa shape index (κ3) is 2.05. The van der Waals surface area contributed by atoms with Crippen molar-refractivity contribution in [2.24, 2.45) is 0 Å². The van der Waals surface area contributed by atoms with Crippen LogP contribution in [-0.4, -0.2) is 16.1 Å². The third-order valence-corrected chi connectivity index (χ3v) is 3.01. The summed E-state index contributed by atoms with van der Waals surface area (Å²) < 4.78 is 0. The number of hydrogen-bond acceptors (Lipinski definition) is 3. The Labute approximate surface area is 91.0 Å². The number of aryl methyl sites for hydroxylation is 1. The lowest BCUT2D eigenvalue weighted by molar-refractivity contribution is 0.0697. The first kappa shape index (κ1) is 9.86. The van der Waals surface area contributed by atoms with Crippen molar-refractivity contribution >= 4 is 17.3 Å².